The quantitative estimate of drug-likeness (QED) is 0.602. The summed E-state index contributed by atoms with van der Waals surface area (Å²) in [6.45, 7) is 10.2. The molecule has 24 heavy (non-hydrogen) atoms. The lowest BCUT2D eigenvalue weighted by Crippen LogP contribution is -1.99. The van der Waals surface area contributed by atoms with Crippen LogP contribution in [0.4, 0.5) is 0 Å². The summed E-state index contributed by atoms with van der Waals surface area (Å²) in [5.41, 5.74) is 3.90. The van der Waals surface area contributed by atoms with Gasteiger partial charge in [-0.3, -0.25) is 9.38 Å². The van der Waals surface area contributed by atoms with Gasteiger partial charge >= 0.3 is 0 Å². The van der Waals surface area contributed by atoms with Gasteiger partial charge < -0.3 is 0 Å². The van der Waals surface area contributed by atoms with Gasteiger partial charge in [-0.2, -0.15) is 0 Å². The first kappa shape index (κ1) is 18.1. The molecule has 0 saturated heterocycles. The third-order valence-electron chi connectivity index (χ3n) is 3.63. The monoisotopic (exact) mass is 340 g/mol. The second-order valence-corrected chi connectivity index (χ2v) is 6.24. The van der Waals surface area contributed by atoms with Gasteiger partial charge in [-0.25, -0.2) is 9.97 Å². The summed E-state index contributed by atoms with van der Waals surface area (Å²) in [6, 6.07) is 0. The number of fused-ring (bicyclic) bond motifs is 1. The molecule has 0 fully saturated rings. The van der Waals surface area contributed by atoms with Crippen LogP contribution < -0.4 is 0 Å². The van der Waals surface area contributed by atoms with Crippen LogP contribution in [0.3, 0.4) is 0 Å². The van der Waals surface area contributed by atoms with E-state index in [2.05, 4.69) is 35.4 Å². The van der Waals surface area contributed by atoms with Crippen molar-refractivity contribution in [3.8, 4) is 0 Å². The Hall–Kier alpha value is -2.27. The number of imidazole rings is 1. The van der Waals surface area contributed by atoms with Crippen molar-refractivity contribution in [2.75, 3.05) is 0 Å². The highest BCUT2D eigenvalue weighted by atomic mass is 32.1. The number of nitrogens with zero attached hydrogens (tertiary/aromatic N) is 4. The van der Waals surface area contributed by atoms with Crippen LogP contribution in [0.15, 0.2) is 48.9 Å². The fourth-order valence-electron chi connectivity index (χ4n) is 2.17. The van der Waals surface area contributed by atoms with Crippen LogP contribution in [0.5, 0.6) is 0 Å². The molecule has 3 heterocycles. The maximum absolute atomic E-state index is 4.50. The predicted octanol–water partition coefficient (Wildman–Crippen LogP) is 5.17. The molecule has 0 radical (unpaired) electrons. The van der Waals surface area contributed by atoms with Crippen LogP contribution in [0.1, 0.15) is 50.0 Å². The van der Waals surface area contributed by atoms with Crippen molar-refractivity contribution < 1.29 is 0 Å². The third kappa shape index (κ3) is 4.17. The molecule has 0 aliphatic heterocycles. The number of aromatic nitrogens is 4. The highest BCUT2D eigenvalue weighted by Gasteiger charge is 2.11. The van der Waals surface area contributed by atoms with E-state index in [-0.39, 0.29) is 0 Å². The molecule has 5 heteroatoms. The molecule has 0 bridgehead atoms. The van der Waals surface area contributed by atoms with E-state index in [0.29, 0.717) is 6.42 Å². The molecule has 0 unspecified atom stereocenters. The topological polar surface area (TPSA) is 43.1 Å². The zero-order valence-corrected chi connectivity index (χ0v) is 15.4. The van der Waals surface area contributed by atoms with Crippen molar-refractivity contribution in [2.45, 2.75) is 40.0 Å². The molecule has 0 aliphatic rings. The van der Waals surface area contributed by atoms with Crippen molar-refractivity contribution in [1.82, 2.24) is 19.4 Å². The first-order valence-corrected chi connectivity index (χ1v) is 9.11. The molecule has 3 aromatic rings. The molecule has 3 aromatic heterocycles. The van der Waals surface area contributed by atoms with E-state index in [4.69, 9.17) is 0 Å². The molecule has 0 atom stereocenters. The van der Waals surface area contributed by atoms with Crippen LogP contribution in [0, 0.1) is 0 Å². The lowest BCUT2D eigenvalue weighted by Gasteiger charge is -2.04. The highest BCUT2D eigenvalue weighted by molar-refractivity contribution is 7.09. The lowest BCUT2D eigenvalue weighted by molar-refractivity contribution is 0.886. The average molecular weight is 340 g/mol. The van der Waals surface area contributed by atoms with E-state index in [1.807, 2.05) is 47.4 Å². The summed E-state index contributed by atoms with van der Waals surface area (Å²) in [5, 5.41) is 3.02. The minimum atomic E-state index is 0.706. The van der Waals surface area contributed by atoms with E-state index in [9.17, 15) is 0 Å². The van der Waals surface area contributed by atoms with Crippen molar-refractivity contribution in [2.24, 2.45) is 0 Å². The third-order valence-corrected chi connectivity index (χ3v) is 4.41. The standard InChI is InChI=1S/C15H14N4S.C4H10/c1-3-11(4-2)13-10-18-15-12(16-5-7-19(13)15)9-14-17-6-8-20-14;1-3-4-2/h3-8,10H,1,9H2,2H3;3-4H2,1-2H3/b11-4+;. The lowest BCUT2D eigenvalue weighted by atomic mass is 10.2. The van der Waals surface area contributed by atoms with Gasteiger partial charge in [-0.1, -0.05) is 45.4 Å². The Balaban J connectivity index is 0.000000471. The van der Waals surface area contributed by atoms with Crippen LogP contribution in [0.2, 0.25) is 0 Å². The SMILES string of the molecule is C=C/C(=C\C)c1cnc2c(Cc3nccs3)nccn12.CCCC. The van der Waals surface area contributed by atoms with Gasteiger partial charge in [-0.15, -0.1) is 11.3 Å². The predicted molar refractivity (Wildman–Crippen MR) is 102 cm³/mol. The van der Waals surface area contributed by atoms with Gasteiger partial charge in [0.05, 0.1) is 22.6 Å². The molecule has 3 rings (SSSR count). The minimum Gasteiger partial charge on any atom is -0.297 e. The highest BCUT2D eigenvalue weighted by Crippen LogP contribution is 2.20. The maximum Gasteiger partial charge on any atom is 0.159 e. The van der Waals surface area contributed by atoms with Crippen LogP contribution in [-0.2, 0) is 6.42 Å². The normalized spacial score (nSPS) is 11.2. The van der Waals surface area contributed by atoms with E-state index < -0.39 is 0 Å². The molecule has 126 valence electrons. The Morgan fingerprint density at radius 1 is 1.21 bits per heavy atom. The van der Waals surface area contributed by atoms with Gasteiger partial charge in [0.25, 0.3) is 0 Å². The number of hydrogen-bond acceptors (Lipinski definition) is 4. The largest absolute Gasteiger partial charge is 0.297 e. The Bertz CT molecular complexity index is 798. The van der Waals surface area contributed by atoms with Gasteiger partial charge in [0.1, 0.15) is 0 Å². The Kier molecular flexibility index (Phi) is 6.88. The average Bonchev–Trinajstić information content (AvgIpc) is 3.27. The Labute approximate surface area is 147 Å². The smallest absolute Gasteiger partial charge is 0.159 e. The summed E-state index contributed by atoms with van der Waals surface area (Å²) in [6.07, 6.45) is 14.6. The summed E-state index contributed by atoms with van der Waals surface area (Å²) >= 11 is 1.63. The molecular formula is C19H24N4S. The number of rotatable bonds is 5. The van der Waals surface area contributed by atoms with Crippen LogP contribution in [0.25, 0.3) is 11.2 Å². The maximum atomic E-state index is 4.50. The molecular weight excluding hydrogens is 316 g/mol. The van der Waals surface area contributed by atoms with Crippen molar-refractivity contribution in [1.29, 1.82) is 0 Å². The van der Waals surface area contributed by atoms with Crippen LogP contribution in [-0.4, -0.2) is 19.4 Å². The fraction of sp³-hybridized carbons (Fsp3) is 0.316. The van der Waals surface area contributed by atoms with Crippen molar-refractivity contribution in [3.05, 3.63) is 65.3 Å². The first-order valence-electron chi connectivity index (χ1n) is 8.23. The van der Waals surface area contributed by atoms with Gasteiger partial charge in [0.15, 0.2) is 5.65 Å². The van der Waals surface area contributed by atoms with Gasteiger partial charge in [0, 0.05) is 30.4 Å². The summed E-state index contributed by atoms with van der Waals surface area (Å²) in [5.74, 6) is 0. The zero-order chi connectivity index (χ0) is 17.4. The van der Waals surface area contributed by atoms with E-state index in [1.54, 1.807) is 17.5 Å². The first-order chi connectivity index (χ1) is 11.7. The second-order valence-electron chi connectivity index (χ2n) is 5.26. The van der Waals surface area contributed by atoms with E-state index >= 15 is 0 Å². The zero-order valence-electron chi connectivity index (χ0n) is 14.6. The fourth-order valence-corrected chi connectivity index (χ4v) is 2.79. The Morgan fingerprint density at radius 2 is 2.00 bits per heavy atom. The van der Waals surface area contributed by atoms with E-state index in [0.717, 1.165) is 27.6 Å². The minimum absolute atomic E-state index is 0.706. The van der Waals surface area contributed by atoms with Crippen molar-refractivity contribution in [3.63, 3.8) is 0 Å². The molecule has 4 nitrogen and oxygen atoms in total. The van der Waals surface area contributed by atoms with Gasteiger partial charge in [0.2, 0.25) is 0 Å². The molecule has 0 saturated carbocycles. The second kappa shape index (κ2) is 9.13. The summed E-state index contributed by atoms with van der Waals surface area (Å²) in [4.78, 5) is 13.3. The number of hydrogen-bond donors (Lipinski definition) is 0. The number of allylic oxidation sites excluding steroid dienone is 3. The summed E-state index contributed by atoms with van der Waals surface area (Å²) < 4.78 is 2.05. The molecule has 0 spiro atoms. The number of unbranched alkanes of at least 4 members (excludes halogenated alkanes) is 1. The molecule has 0 amide bonds. The van der Waals surface area contributed by atoms with Gasteiger partial charge in [-0.05, 0) is 12.5 Å². The van der Waals surface area contributed by atoms with Crippen molar-refractivity contribution >= 4 is 22.6 Å². The molecule has 0 aliphatic carbocycles. The summed E-state index contributed by atoms with van der Waals surface area (Å²) in [7, 11) is 0. The Morgan fingerprint density at radius 3 is 2.58 bits per heavy atom. The molecule has 0 N–H and O–H groups in total. The number of thiazole rings is 1. The molecule has 0 aromatic carbocycles. The van der Waals surface area contributed by atoms with E-state index in [1.165, 1.54) is 12.8 Å². The van der Waals surface area contributed by atoms with Crippen LogP contribution >= 0.6 is 11.3 Å².